The van der Waals surface area contributed by atoms with Crippen molar-refractivity contribution in [2.24, 2.45) is 0 Å². The SMILES string of the molecule is COc1cc(COC2CN(C(=O)O)CCC2c2ccc(O)cc2)c(OC)c2ccccc12. The molecule has 3 aromatic rings. The lowest BCUT2D eigenvalue weighted by atomic mass is 9.87. The number of methoxy groups -OCH3 is 2. The third-order valence-electron chi connectivity index (χ3n) is 6.06. The Balaban J connectivity index is 1.63. The number of phenolic OH excluding ortho intramolecular Hbond substituents is 1. The monoisotopic (exact) mass is 437 g/mol. The first-order valence-corrected chi connectivity index (χ1v) is 10.5. The maximum absolute atomic E-state index is 11.6. The van der Waals surface area contributed by atoms with E-state index in [-0.39, 0.29) is 30.9 Å². The van der Waals surface area contributed by atoms with Gasteiger partial charge < -0.3 is 29.3 Å². The summed E-state index contributed by atoms with van der Waals surface area (Å²) in [6.07, 6.45) is -0.654. The molecule has 1 aliphatic rings. The molecule has 0 aliphatic carbocycles. The van der Waals surface area contributed by atoms with Gasteiger partial charge in [-0.25, -0.2) is 4.79 Å². The number of carboxylic acid groups (broad SMARTS) is 1. The summed E-state index contributed by atoms with van der Waals surface area (Å²) >= 11 is 0. The predicted octanol–water partition coefficient (Wildman–Crippen LogP) is 4.62. The van der Waals surface area contributed by atoms with Crippen molar-refractivity contribution in [1.29, 1.82) is 0 Å². The van der Waals surface area contributed by atoms with Gasteiger partial charge in [0.05, 0.1) is 33.5 Å². The molecule has 168 valence electrons. The van der Waals surface area contributed by atoms with Gasteiger partial charge in [0.1, 0.15) is 17.2 Å². The minimum absolute atomic E-state index is 0.0135. The molecule has 2 N–H and O–H groups in total. The van der Waals surface area contributed by atoms with Gasteiger partial charge in [0.15, 0.2) is 0 Å². The summed E-state index contributed by atoms with van der Waals surface area (Å²) < 4.78 is 17.6. The lowest BCUT2D eigenvalue weighted by Gasteiger charge is -2.37. The molecule has 0 bridgehead atoms. The van der Waals surface area contributed by atoms with Gasteiger partial charge in [-0.2, -0.15) is 0 Å². The fourth-order valence-electron chi connectivity index (χ4n) is 4.45. The van der Waals surface area contributed by atoms with Crippen LogP contribution in [0.3, 0.4) is 0 Å². The molecule has 4 rings (SSSR count). The summed E-state index contributed by atoms with van der Waals surface area (Å²) in [5, 5.41) is 21.0. The zero-order valence-corrected chi connectivity index (χ0v) is 18.2. The number of hydrogen-bond acceptors (Lipinski definition) is 5. The predicted molar refractivity (Wildman–Crippen MR) is 121 cm³/mol. The molecule has 0 spiro atoms. The Bertz CT molecular complexity index is 1100. The molecule has 3 aromatic carbocycles. The highest BCUT2D eigenvalue weighted by Crippen LogP contribution is 2.38. The number of carbonyl (C=O) groups is 1. The highest BCUT2D eigenvalue weighted by Gasteiger charge is 2.33. The molecule has 1 saturated heterocycles. The van der Waals surface area contributed by atoms with Crippen molar-refractivity contribution in [2.45, 2.75) is 25.0 Å². The average molecular weight is 437 g/mol. The molecule has 7 nitrogen and oxygen atoms in total. The Morgan fingerprint density at radius 1 is 1.06 bits per heavy atom. The number of hydrogen-bond donors (Lipinski definition) is 2. The van der Waals surface area contributed by atoms with Crippen molar-refractivity contribution in [2.75, 3.05) is 27.3 Å². The maximum atomic E-state index is 11.6. The Hall–Kier alpha value is -3.45. The number of benzene rings is 3. The van der Waals surface area contributed by atoms with Gasteiger partial charge in [-0.3, -0.25) is 0 Å². The van der Waals surface area contributed by atoms with E-state index in [0.717, 1.165) is 27.6 Å². The third-order valence-corrected chi connectivity index (χ3v) is 6.06. The van der Waals surface area contributed by atoms with Crippen molar-refractivity contribution in [3.63, 3.8) is 0 Å². The largest absolute Gasteiger partial charge is 0.508 e. The smallest absolute Gasteiger partial charge is 0.407 e. The number of piperidine rings is 1. The number of nitrogens with zero attached hydrogens (tertiary/aromatic N) is 1. The van der Waals surface area contributed by atoms with Crippen LogP contribution in [-0.4, -0.2) is 54.6 Å². The summed E-state index contributed by atoms with van der Waals surface area (Å²) in [4.78, 5) is 13.0. The molecule has 1 amide bonds. The third kappa shape index (κ3) is 4.29. The number of ether oxygens (including phenoxy) is 3. The lowest BCUT2D eigenvalue weighted by Crippen LogP contribution is -2.46. The van der Waals surface area contributed by atoms with Gasteiger partial charge in [0.25, 0.3) is 0 Å². The van der Waals surface area contributed by atoms with E-state index >= 15 is 0 Å². The van der Waals surface area contributed by atoms with E-state index in [9.17, 15) is 15.0 Å². The van der Waals surface area contributed by atoms with Gasteiger partial charge in [-0.05, 0) is 30.2 Å². The van der Waals surface area contributed by atoms with E-state index in [4.69, 9.17) is 14.2 Å². The maximum Gasteiger partial charge on any atom is 0.407 e. The summed E-state index contributed by atoms with van der Waals surface area (Å²) in [5.41, 5.74) is 1.85. The topological polar surface area (TPSA) is 88.5 Å². The second-order valence-electron chi connectivity index (χ2n) is 7.88. The van der Waals surface area contributed by atoms with Gasteiger partial charge in [0, 0.05) is 28.8 Å². The van der Waals surface area contributed by atoms with Crippen LogP contribution < -0.4 is 9.47 Å². The van der Waals surface area contributed by atoms with Crippen LogP contribution in [0.5, 0.6) is 17.2 Å². The average Bonchev–Trinajstić information content (AvgIpc) is 2.82. The highest BCUT2D eigenvalue weighted by atomic mass is 16.5. The summed E-state index contributed by atoms with van der Waals surface area (Å²) in [6, 6.07) is 16.8. The Kier molecular flexibility index (Phi) is 6.37. The molecule has 2 unspecified atom stereocenters. The van der Waals surface area contributed by atoms with Crippen molar-refractivity contribution < 1.29 is 29.2 Å². The van der Waals surface area contributed by atoms with Crippen LogP contribution in [-0.2, 0) is 11.3 Å². The Morgan fingerprint density at radius 2 is 1.78 bits per heavy atom. The quantitative estimate of drug-likeness (QED) is 0.585. The van der Waals surface area contributed by atoms with Crippen LogP contribution >= 0.6 is 0 Å². The first-order valence-electron chi connectivity index (χ1n) is 10.5. The lowest BCUT2D eigenvalue weighted by molar-refractivity contribution is -0.0204. The van der Waals surface area contributed by atoms with Crippen LogP contribution in [0.15, 0.2) is 54.6 Å². The zero-order chi connectivity index (χ0) is 22.7. The number of aromatic hydroxyl groups is 1. The molecule has 7 heteroatoms. The molecule has 0 radical (unpaired) electrons. The molecule has 2 atom stereocenters. The second kappa shape index (κ2) is 9.36. The van der Waals surface area contributed by atoms with Crippen molar-refractivity contribution in [1.82, 2.24) is 4.90 Å². The molecule has 0 aromatic heterocycles. The Labute approximate surface area is 186 Å². The molecular formula is C25H27NO6. The van der Waals surface area contributed by atoms with Gasteiger partial charge >= 0.3 is 6.09 Å². The van der Waals surface area contributed by atoms with Gasteiger partial charge in [-0.1, -0.05) is 36.4 Å². The molecule has 1 fully saturated rings. The molecule has 0 saturated carbocycles. The number of rotatable bonds is 6. The molecular weight excluding hydrogens is 410 g/mol. The number of phenols is 1. The fourth-order valence-corrected chi connectivity index (χ4v) is 4.45. The minimum Gasteiger partial charge on any atom is -0.508 e. The zero-order valence-electron chi connectivity index (χ0n) is 18.2. The van der Waals surface area contributed by atoms with E-state index in [1.807, 2.05) is 42.5 Å². The van der Waals surface area contributed by atoms with E-state index < -0.39 is 6.09 Å². The van der Waals surface area contributed by atoms with Crippen molar-refractivity contribution >= 4 is 16.9 Å². The molecule has 32 heavy (non-hydrogen) atoms. The van der Waals surface area contributed by atoms with E-state index in [1.54, 1.807) is 26.4 Å². The minimum atomic E-state index is -0.951. The van der Waals surface area contributed by atoms with E-state index in [0.29, 0.717) is 18.7 Å². The van der Waals surface area contributed by atoms with Crippen LogP contribution in [0.25, 0.3) is 10.8 Å². The number of likely N-dealkylation sites (tertiary alicyclic amines) is 1. The van der Waals surface area contributed by atoms with Crippen molar-refractivity contribution in [3.8, 4) is 17.2 Å². The fraction of sp³-hybridized carbons (Fsp3) is 0.320. The normalized spacial score (nSPS) is 18.5. The van der Waals surface area contributed by atoms with Crippen molar-refractivity contribution in [3.05, 3.63) is 65.7 Å². The second-order valence-corrected chi connectivity index (χ2v) is 7.88. The van der Waals surface area contributed by atoms with Crippen LogP contribution in [0, 0.1) is 0 Å². The number of fused-ring (bicyclic) bond motifs is 1. The highest BCUT2D eigenvalue weighted by molar-refractivity contribution is 5.94. The summed E-state index contributed by atoms with van der Waals surface area (Å²) in [7, 11) is 3.26. The standard InChI is InChI=1S/C25H27NO6/c1-30-22-13-17(24(31-2)21-6-4-3-5-20(21)22)15-32-23-14-26(25(28)29)12-11-19(23)16-7-9-18(27)10-8-16/h3-10,13,19,23,27H,11-12,14-15H2,1-2H3,(H,28,29). The van der Waals surface area contributed by atoms with Crippen LogP contribution in [0.2, 0.25) is 0 Å². The summed E-state index contributed by atoms with van der Waals surface area (Å²) in [5.74, 6) is 1.65. The van der Waals surface area contributed by atoms with Gasteiger partial charge in [-0.15, -0.1) is 0 Å². The Morgan fingerprint density at radius 3 is 2.44 bits per heavy atom. The van der Waals surface area contributed by atoms with Crippen LogP contribution in [0.4, 0.5) is 4.79 Å². The molecule has 1 heterocycles. The van der Waals surface area contributed by atoms with E-state index in [2.05, 4.69) is 0 Å². The number of amides is 1. The first-order chi connectivity index (χ1) is 15.5. The first kappa shape index (κ1) is 21.8. The summed E-state index contributed by atoms with van der Waals surface area (Å²) in [6.45, 7) is 0.957. The van der Waals surface area contributed by atoms with E-state index in [1.165, 1.54) is 4.90 Å². The van der Waals surface area contributed by atoms with Gasteiger partial charge in [0.2, 0.25) is 0 Å². The van der Waals surface area contributed by atoms with Crippen LogP contribution in [0.1, 0.15) is 23.5 Å². The molecule has 1 aliphatic heterocycles.